The summed E-state index contributed by atoms with van der Waals surface area (Å²) in [5.41, 5.74) is 0.802. The number of halogens is 2. The second kappa shape index (κ2) is 10.8. The Morgan fingerprint density at radius 1 is 1.16 bits per heavy atom. The van der Waals surface area contributed by atoms with Crippen LogP contribution in [0.25, 0.3) is 6.08 Å². The molecule has 2 N–H and O–H groups in total. The monoisotopic (exact) mass is 540 g/mol. The van der Waals surface area contributed by atoms with Crippen molar-refractivity contribution >= 4 is 58.5 Å². The molecule has 0 spiro atoms. The SMILES string of the molecule is COc1cc(/C=C2\C(=O)NC(=S)N(c3ccccc3F)C2=O)cc(Cl)c1OCc1ccc(C(=O)O)cc1. The summed E-state index contributed by atoms with van der Waals surface area (Å²) in [5.74, 6) is -2.83. The van der Waals surface area contributed by atoms with Crippen LogP contribution in [0.5, 0.6) is 11.5 Å². The fourth-order valence-electron chi connectivity index (χ4n) is 3.54. The number of carbonyl (C=O) groups is 3. The molecule has 4 rings (SSSR count). The Morgan fingerprint density at radius 2 is 1.86 bits per heavy atom. The molecule has 1 fully saturated rings. The molecule has 0 unspecified atom stereocenters. The third-order valence-electron chi connectivity index (χ3n) is 5.34. The molecule has 0 atom stereocenters. The van der Waals surface area contributed by atoms with Crippen LogP contribution < -0.4 is 19.7 Å². The van der Waals surface area contributed by atoms with Gasteiger partial charge in [0.1, 0.15) is 18.0 Å². The van der Waals surface area contributed by atoms with Crippen LogP contribution in [-0.2, 0) is 16.2 Å². The molecule has 8 nitrogen and oxygen atoms in total. The average Bonchev–Trinajstić information content (AvgIpc) is 2.87. The number of nitrogens with one attached hydrogen (secondary N) is 1. The van der Waals surface area contributed by atoms with E-state index in [0.29, 0.717) is 11.1 Å². The third kappa shape index (κ3) is 5.45. The van der Waals surface area contributed by atoms with Gasteiger partial charge >= 0.3 is 5.97 Å². The number of rotatable bonds is 7. The summed E-state index contributed by atoms with van der Waals surface area (Å²) in [5, 5.41) is 11.3. The lowest BCUT2D eigenvalue weighted by Crippen LogP contribution is -2.54. The van der Waals surface area contributed by atoms with Gasteiger partial charge in [-0.25, -0.2) is 14.1 Å². The molecule has 0 bridgehead atoms. The van der Waals surface area contributed by atoms with Gasteiger partial charge in [-0.1, -0.05) is 35.9 Å². The number of nitrogens with zero attached hydrogens (tertiary/aromatic N) is 1. The second-order valence-electron chi connectivity index (χ2n) is 7.73. The van der Waals surface area contributed by atoms with Crippen molar-refractivity contribution in [1.82, 2.24) is 5.32 Å². The number of methoxy groups -OCH3 is 1. The molecule has 11 heteroatoms. The number of para-hydroxylation sites is 1. The third-order valence-corrected chi connectivity index (χ3v) is 5.91. The number of carboxylic acid groups (broad SMARTS) is 1. The normalized spacial score (nSPS) is 14.5. The number of amides is 2. The molecule has 2 amide bonds. The van der Waals surface area contributed by atoms with Gasteiger partial charge in [0.2, 0.25) is 0 Å². The number of aromatic carboxylic acids is 1. The van der Waals surface area contributed by atoms with E-state index in [0.717, 1.165) is 4.90 Å². The molecular weight excluding hydrogens is 523 g/mol. The van der Waals surface area contributed by atoms with Gasteiger partial charge in [-0.15, -0.1) is 0 Å². The van der Waals surface area contributed by atoms with Crippen LogP contribution in [0, 0.1) is 5.82 Å². The summed E-state index contributed by atoms with van der Waals surface area (Å²) >= 11 is 11.5. The lowest BCUT2D eigenvalue weighted by molar-refractivity contribution is -0.122. The first-order chi connectivity index (χ1) is 17.7. The zero-order valence-electron chi connectivity index (χ0n) is 19.2. The highest BCUT2D eigenvalue weighted by Crippen LogP contribution is 2.38. The largest absolute Gasteiger partial charge is 0.493 e. The van der Waals surface area contributed by atoms with Crippen LogP contribution in [0.1, 0.15) is 21.5 Å². The summed E-state index contributed by atoms with van der Waals surface area (Å²) in [7, 11) is 1.40. The Kier molecular flexibility index (Phi) is 7.51. The predicted molar refractivity (Wildman–Crippen MR) is 138 cm³/mol. The van der Waals surface area contributed by atoms with Crippen molar-refractivity contribution in [2.24, 2.45) is 0 Å². The number of carboxylic acids is 1. The minimum atomic E-state index is -1.04. The zero-order chi connectivity index (χ0) is 26.7. The minimum Gasteiger partial charge on any atom is -0.493 e. The van der Waals surface area contributed by atoms with E-state index >= 15 is 0 Å². The van der Waals surface area contributed by atoms with Crippen molar-refractivity contribution in [2.75, 3.05) is 12.0 Å². The van der Waals surface area contributed by atoms with Crippen molar-refractivity contribution in [3.63, 3.8) is 0 Å². The molecule has 0 aromatic heterocycles. The molecule has 1 aliphatic rings. The van der Waals surface area contributed by atoms with E-state index in [4.69, 9.17) is 38.4 Å². The van der Waals surface area contributed by atoms with E-state index in [9.17, 15) is 18.8 Å². The van der Waals surface area contributed by atoms with E-state index in [1.165, 1.54) is 61.7 Å². The Labute approximate surface area is 220 Å². The fourth-order valence-corrected chi connectivity index (χ4v) is 4.09. The quantitative estimate of drug-likeness (QED) is 0.256. The summed E-state index contributed by atoms with van der Waals surface area (Å²) in [6.07, 6.45) is 1.29. The van der Waals surface area contributed by atoms with E-state index in [1.807, 2.05) is 0 Å². The lowest BCUT2D eigenvalue weighted by Gasteiger charge is -2.29. The first-order valence-electron chi connectivity index (χ1n) is 10.7. The highest BCUT2D eigenvalue weighted by molar-refractivity contribution is 7.80. The van der Waals surface area contributed by atoms with E-state index in [-0.39, 0.29) is 45.1 Å². The maximum atomic E-state index is 14.4. The summed E-state index contributed by atoms with van der Waals surface area (Å²) in [6, 6.07) is 14.7. The average molecular weight is 541 g/mol. The first kappa shape index (κ1) is 25.8. The number of ether oxygens (including phenoxy) is 2. The van der Waals surface area contributed by atoms with Gasteiger partial charge in [-0.3, -0.25) is 14.9 Å². The number of carbonyl (C=O) groups excluding carboxylic acids is 2. The smallest absolute Gasteiger partial charge is 0.335 e. The van der Waals surface area contributed by atoms with Gasteiger partial charge in [0.25, 0.3) is 11.8 Å². The topological polar surface area (TPSA) is 105 Å². The summed E-state index contributed by atoms with van der Waals surface area (Å²) in [4.78, 5) is 37.7. The molecule has 3 aromatic rings. The summed E-state index contributed by atoms with van der Waals surface area (Å²) in [6.45, 7) is 0.0757. The van der Waals surface area contributed by atoms with Gasteiger partial charge in [0, 0.05) is 0 Å². The number of benzene rings is 3. The van der Waals surface area contributed by atoms with Crippen LogP contribution in [0.2, 0.25) is 5.02 Å². The van der Waals surface area contributed by atoms with Gasteiger partial charge in [0.15, 0.2) is 16.6 Å². The number of hydrogen-bond donors (Lipinski definition) is 2. The van der Waals surface area contributed by atoms with Crippen molar-refractivity contribution in [2.45, 2.75) is 6.61 Å². The molecular formula is C26H18ClFN2O6S. The Hall–Kier alpha value is -4.28. The van der Waals surface area contributed by atoms with Crippen molar-refractivity contribution in [1.29, 1.82) is 0 Å². The van der Waals surface area contributed by atoms with E-state index < -0.39 is 23.6 Å². The number of hydrogen-bond acceptors (Lipinski definition) is 6. The van der Waals surface area contributed by atoms with Crippen LogP contribution in [0.4, 0.5) is 10.1 Å². The highest BCUT2D eigenvalue weighted by atomic mass is 35.5. The van der Waals surface area contributed by atoms with Crippen LogP contribution in [0.3, 0.4) is 0 Å². The second-order valence-corrected chi connectivity index (χ2v) is 8.53. The minimum absolute atomic E-state index is 0.0757. The van der Waals surface area contributed by atoms with Crippen LogP contribution in [-0.4, -0.2) is 35.1 Å². The van der Waals surface area contributed by atoms with Gasteiger partial charge < -0.3 is 14.6 Å². The van der Waals surface area contributed by atoms with Crippen LogP contribution in [0.15, 0.2) is 66.2 Å². The van der Waals surface area contributed by atoms with Crippen molar-refractivity contribution in [3.05, 3.63) is 93.8 Å². The maximum absolute atomic E-state index is 14.4. The molecule has 0 aliphatic carbocycles. The zero-order valence-corrected chi connectivity index (χ0v) is 20.7. The Morgan fingerprint density at radius 3 is 2.51 bits per heavy atom. The molecule has 1 saturated heterocycles. The van der Waals surface area contributed by atoms with E-state index in [1.54, 1.807) is 12.1 Å². The molecule has 0 saturated carbocycles. The van der Waals surface area contributed by atoms with Gasteiger partial charge in [-0.2, -0.15) is 0 Å². The molecule has 0 radical (unpaired) electrons. The fraction of sp³-hybridized carbons (Fsp3) is 0.0769. The molecule has 37 heavy (non-hydrogen) atoms. The van der Waals surface area contributed by atoms with Gasteiger partial charge in [-0.05, 0) is 65.8 Å². The summed E-state index contributed by atoms with van der Waals surface area (Å²) < 4.78 is 25.5. The highest BCUT2D eigenvalue weighted by Gasteiger charge is 2.35. The number of anilines is 1. The predicted octanol–water partition coefficient (Wildman–Crippen LogP) is 4.60. The van der Waals surface area contributed by atoms with Crippen molar-refractivity contribution < 1.29 is 33.4 Å². The Bertz CT molecular complexity index is 1460. The van der Waals surface area contributed by atoms with Crippen molar-refractivity contribution in [3.8, 4) is 11.5 Å². The molecule has 1 aliphatic heterocycles. The number of thiocarbonyl (C=S) groups is 1. The first-order valence-corrected chi connectivity index (χ1v) is 11.5. The maximum Gasteiger partial charge on any atom is 0.335 e. The van der Waals surface area contributed by atoms with Gasteiger partial charge in [0.05, 0.1) is 23.4 Å². The molecule has 188 valence electrons. The van der Waals surface area contributed by atoms with Crippen LogP contribution >= 0.6 is 23.8 Å². The molecule has 1 heterocycles. The Balaban J connectivity index is 1.62. The lowest BCUT2D eigenvalue weighted by atomic mass is 10.1. The molecule has 3 aromatic carbocycles. The van der Waals surface area contributed by atoms with E-state index in [2.05, 4.69) is 5.32 Å². The standard InChI is InChI=1S/C26H18ClFN2O6S/c1-35-21-12-15(11-18(27)22(21)36-13-14-6-8-16(9-7-14)25(33)34)10-17-23(31)29-26(37)30(24(17)32)20-5-3-2-4-19(20)28/h2-12H,13H2,1H3,(H,33,34)(H,29,31,37)/b17-10+.